The van der Waals surface area contributed by atoms with E-state index in [1.807, 2.05) is 0 Å². The molecule has 0 aromatic heterocycles. The van der Waals surface area contributed by atoms with Crippen LogP contribution in [-0.2, 0) is 4.79 Å². The molecule has 1 atom stereocenters. The van der Waals surface area contributed by atoms with Gasteiger partial charge >= 0.3 is 5.97 Å². The average molecular weight is 323 g/mol. The summed E-state index contributed by atoms with van der Waals surface area (Å²) in [5.41, 5.74) is 0.196. The van der Waals surface area contributed by atoms with Gasteiger partial charge in [0, 0.05) is 17.4 Å². The number of ether oxygens (including phenoxy) is 1. The number of fused-ring (bicyclic) bond motifs is 1. The van der Waals surface area contributed by atoms with Crippen molar-refractivity contribution in [2.45, 2.75) is 18.9 Å². The van der Waals surface area contributed by atoms with E-state index < -0.39 is 30.8 Å². The quantitative estimate of drug-likeness (QED) is 0.857. The fraction of sp³-hybridized carbons (Fsp3) is 0.250. The molecule has 0 aliphatic heterocycles. The zero-order valence-electron chi connectivity index (χ0n) is 12.3. The minimum absolute atomic E-state index is 0.196. The molecule has 0 aliphatic rings. The van der Waals surface area contributed by atoms with Crippen LogP contribution >= 0.6 is 0 Å². The van der Waals surface area contributed by atoms with Gasteiger partial charge < -0.3 is 15.2 Å². The summed E-state index contributed by atoms with van der Waals surface area (Å²) in [4.78, 5) is 23.3. The normalized spacial score (nSPS) is 12.2. The molecule has 2 N–H and O–H groups in total. The molecule has 0 fully saturated rings. The zero-order valence-corrected chi connectivity index (χ0v) is 12.3. The summed E-state index contributed by atoms with van der Waals surface area (Å²) >= 11 is 0. The van der Waals surface area contributed by atoms with Gasteiger partial charge in [0.1, 0.15) is 11.8 Å². The van der Waals surface area contributed by atoms with E-state index in [1.165, 1.54) is 13.2 Å². The first-order chi connectivity index (χ1) is 10.9. The van der Waals surface area contributed by atoms with Gasteiger partial charge in [0.2, 0.25) is 6.43 Å². The van der Waals surface area contributed by atoms with Gasteiger partial charge in [0.15, 0.2) is 0 Å². The molecule has 23 heavy (non-hydrogen) atoms. The smallest absolute Gasteiger partial charge is 0.326 e. The molecule has 0 saturated carbocycles. The minimum Gasteiger partial charge on any atom is -0.496 e. The number of carbonyl (C=O) groups is 2. The number of methoxy groups -OCH3 is 1. The van der Waals surface area contributed by atoms with Gasteiger partial charge in [-0.3, -0.25) is 4.79 Å². The van der Waals surface area contributed by atoms with Gasteiger partial charge in [-0.1, -0.05) is 24.3 Å². The summed E-state index contributed by atoms with van der Waals surface area (Å²) in [7, 11) is 1.49. The number of benzene rings is 2. The van der Waals surface area contributed by atoms with Gasteiger partial charge in [-0.25, -0.2) is 13.6 Å². The number of alkyl halides is 2. The Kier molecular flexibility index (Phi) is 5.10. The molecule has 2 aromatic rings. The molecule has 0 radical (unpaired) electrons. The SMILES string of the molecule is COc1ccc(C(=O)NC(CC(F)F)C(=O)O)c2ccccc12. The maximum absolute atomic E-state index is 12.4. The van der Waals surface area contributed by atoms with Crippen LogP contribution in [0.25, 0.3) is 10.8 Å². The number of carboxylic acids is 1. The summed E-state index contributed by atoms with van der Waals surface area (Å²) in [6.07, 6.45) is -3.78. The minimum atomic E-state index is -2.83. The third-order valence-corrected chi connectivity index (χ3v) is 3.37. The van der Waals surface area contributed by atoms with Crippen molar-refractivity contribution in [3.05, 3.63) is 42.0 Å². The number of amides is 1. The molecule has 2 aromatic carbocycles. The molecule has 5 nitrogen and oxygen atoms in total. The van der Waals surface area contributed by atoms with Crippen molar-refractivity contribution < 1.29 is 28.2 Å². The second-order valence-electron chi connectivity index (χ2n) is 4.85. The maximum atomic E-state index is 12.4. The van der Waals surface area contributed by atoms with Crippen LogP contribution in [0.5, 0.6) is 5.75 Å². The lowest BCUT2D eigenvalue weighted by atomic mass is 10.0. The van der Waals surface area contributed by atoms with Crippen LogP contribution in [0.2, 0.25) is 0 Å². The highest BCUT2D eigenvalue weighted by molar-refractivity contribution is 6.09. The van der Waals surface area contributed by atoms with Crippen molar-refractivity contribution in [1.82, 2.24) is 5.32 Å². The van der Waals surface area contributed by atoms with E-state index in [9.17, 15) is 18.4 Å². The predicted octanol–water partition coefficient (Wildman–Crippen LogP) is 2.69. The number of aliphatic carboxylic acids is 1. The summed E-state index contributed by atoms with van der Waals surface area (Å²) in [6.45, 7) is 0. The average Bonchev–Trinajstić information content (AvgIpc) is 2.52. The lowest BCUT2D eigenvalue weighted by Crippen LogP contribution is -2.42. The highest BCUT2D eigenvalue weighted by Gasteiger charge is 2.25. The summed E-state index contributed by atoms with van der Waals surface area (Å²) < 4.78 is 30.0. The molecule has 0 heterocycles. The lowest BCUT2D eigenvalue weighted by molar-refractivity contribution is -0.140. The molecule has 0 aliphatic carbocycles. The Bertz CT molecular complexity index is 733. The van der Waals surface area contributed by atoms with E-state index in [2.05, 4.69) is 5.32 Å². The molecule has 1 unspecified atom stereocenters. The van der Waals surface area contributed by atoms with Crippen molar-refractivity contribution in [3.8, 4) is 5.75 Å². The van der Waals surface area contributed by atoms with Crippen molar-refractivity contribution >= 4 is 22.6 Å². The number of halogens is 2. The van der Waals surface area contributed by atoms with Crippen LogP contribution in [0.3, 0.4) is 0 Å². The Morgan fingerprint density at radius 2 is 1.83 bits per heavy atom. The van der Waals surface area contributed by atoms with E-state index in [4.69, 9.17) is 9.84 Å². The number of hydrogen-bond donors (Lipinski definition) is 2. The van der Waals surface area contributed by atoms with Crippen LogP contribution in [-0.4, -0.2) is 36.6 Å². The third-order valence-electron chi connectivity index (χ3n) is 3.37. The van der Waals surface area contributed by atoms with Gasteiger partial charge in [0.05, 0.1) is 7.11 Å². The second kappa shape index (κ2) is 7.04. The summed E-state index contributed by atoms with van der Waals surface area (Å²) in [5, 5.41) is 12.3. The van der Waals surface area contributed by atoms with E-state index in [0.717, 1.165) is 0 Å². The first-order valence-corrected chi connectivity index (χ1v) is 6.81. The van der Waals surface area contributed by atoms with Crippen molar-refractivity contribution in [1.29, 1.82) is 0 Å². The van der Waals surface area contributed by atoms with Gasteiger partial charge in [0.25, 0.3) is 5.91 Å². The maximum Gasteiger partial charge on any atom is 0.326 e. The summed E-state index contributed by atoms with van der Waals surface area (Å²) in [5.74, 6) is -1.67. The number of hydrogen-bond acceptors (Lipinski definition) is 3. The number of carboxylic acid groups (broad SMARTS) is 1. The molecular formula is C16H15F2NO4. The fourth-order valence-electron chi connectivity index (χ4n) is 2.28. The fourth-order valence-corrected chi connectivity index (χ4v) is 2.28. The Hall–Kier alpha value is -2.70. The molecule has 1 amide bonds. The molecule has 122 valence electrons. The van der Waals surface area contributed by atoms with Crippen LogP contribution in [0.1, 0.15) is 16.8 Å². The van der Waals surface area contributed by atoms with Crippen LogP contribution in [0, 0.1) is 0 Å². The monoisotopic (exact) mass is 323 g/mol. The number of carbonyl (C=O) groups excluding carboxylic acids is 1. The van der Waals surface area contributed by atoms with Crippen LogP contribution in [0.4, 0.5) is 8.78 Å². The molecule has 0 bridgehead atoms. The molecule has 7 heteroatoms. The Morgan fingerprint density at radius 1 is 1.17 bits per heavy atom. The first-order valence-electron chi connectivity index (χ1n) is 6.81. The van der Waals surface area contributed by atoms with Crippen LogP contribution in [0.15, 0.2) is 36.4 Å². The predicted molar refractivity (Wildman–Crippen MR) is 80.0 cm³/mol. The van der Waals surface area contributed by atoms with E-state index in [0.29, 0.717) is 16.5 Å². The highest BCUT2D eigenvalue weighted by atomic mass is 19.3. The second-order valence-corrected chi connectivity index (χ2v) is 4.85. The lowest BCUT2D eigenvalue weighted by Gasteiger charge is -2.15. The Labute approximate surface area is 130 Å². The largest absolute Gasteiger partial charge is 0.496 e. The molecule has 2 rings (SSSR count). The molecule has 0 spiro atoms. The Balaban J connectivity index is 2.36. The molecule has 0 saturated heterocycles. The summed E-state index contributed by atoms with van der Waals surface area (Å²) in [6, 6.07) is 8.30. The number of nitrogens with one attached hydrogen (secondary N) is 1. The highest BCUT2D eigenvalue weighted by Crippen LogP contribution is 2.28. The Morgan fingerprint density at radius 3 is 2.39 bits per heavy atom. The van der Waals surface area contributed by atoms with Crippen molar-refractivity contribution in [2.75, 3.05) is 7.11 Å². The molecular weight excluding hydrogens is 308 g/mol. The van der Waals surface area contributed by atoms with Gasteiger partial charge in [-0.2, -0.15) is 0 Å². The van der Waals surface area contributed by atoms with Gasteiger partial charge in [-0.15, -0.1) is 0 Å². The van der Waals surface area contributed by atoms with Gasteiger partial charge in [-0.05, 0) is 17.5 Å². The number of rotatable bonds is 6. The van der Waals surface area contributed by atoms with E-state index in [-0.39, 0.29) is 5.56 Å². The standard InChI is InChI=1S/C16H15F2NO4/c1-23-13-7-6-11(9-4-2-3-5-10(9)13)15(20)19-12(16(21)22)8-14(17)18/h2-7,12,14H,8H2,1H3,(H,19,20)(H,21,22). The van der Waals surface area contributed by atoms with Crippen molar-refractivity contribution in [2.24, 2.45) is 0 Å². The van der Waals surface area contributed by atoms with E-state index in [1.54, 1.807) is 30.3 Å². The zero-order chi connectivity index (χ0) is 17.0. The van der Waals surface area contributed by atoms with E-state index >= 15 is 0 Å². The third kappa shape index (κ3) is 3.74. The topological polar surface area (TPSA) is 75.6 Å². The van der Waals surface area contributed by atoms with Crippen molar-refractivity contribution in [3.63, 3.8) is 0 Å². The van der Waals surface area contributed by atoms with Crippen LogP contribution < -0.4 is 10.1 Å². The first kappa shape index (κ1) is 16.7.